The molecule has 4 nitrogen and oxygen atoms in total. The predicted molar refractivity (Wildman–Crippen MR) is 61.1 cm³/mol. The minimum absolute atomic E-state index is 0.160. The van der Waals surface area contributed by atoms with Crippen LogP contribution in [0.5, 0.6) is 5.75 Å². The molecule has 0 aromatic heterocycles. The number of carbonyl (C=O) groups is 1. The Labute approximate surface area is 95.0 Å². The van der Waals surface area contributed by atoms with E-state index in [4.69, 9.17) is 10.5 Å². The van der Waals surface area contributed by atoms with Crippen LogP contribution in [0.2, 0.25) is 0 Å². The van der Waals surface area contributed by atoms with Crippen LogP contribution in [-0.4, -0.2) is 24.5 Å². The van der Waals surface area contributed by atoms with E-state index < -0.39 is 5.60 Å². The van der Waals surface area contributed by atoms with Crippen molar-refractivity contribution in [1.29, 1.82) is 0 Å². The lowest BCUT2D eigenvalue weighted by molar-refractivity contribution is -0.133. The number of carbonyl (C=O) groups excluding carboxylic acids is 1. The normalized spacial score (nSPS) is 14.4. The molecule has 1 unspecified atom stereocenters. The van der Waals surface area contributed by atoms with E-state index in [0.717, 1.165) is 6.29 Å². The Bertz CT molecular complexity index is 329. The summed E-state index contributed by atoms with van der Waals surface area (Å²) in [6, 6.07) is 6.41. The number of nitrogens with two attached hydrogens (primary N) is 1. The van der Waals surface area contributed by atoms with Gasteiger partial charge < -0.3 is 15.6 Å². The largest absolute Gasteiger partial charge is 0.508 e. The Hall–Kier alpha value is -1.39. The smallest absolute Gasteiger partial charge is 0.156 e. The van der Waals surface area contributed by atoms with Crippen molar-refractivity contribution >= 4 is 6.29 Å². The van der Waals surface area contributed by atoms with E-state index in [1.807, 2.05) is 6.92 Å². The SMILES string of the molecule is CCOC(C=O)(CCN)c1ccc(O)cc1. The summed E-state index contributed by atoms with van der Waals surface area (Å²) >= 11 is 0. The van der Waals surface area contributed by atoms with Crippen molar-refractivity contribution in [3.8, 4) is 5.75 Å². The third-order valence-corrected chi connectivity index (χ3v) is 2.46. The van der Waals surface area contributed by atoms with Crippen LogP contribution in [0.15, 0.2) is 24.3 Å². The molecule has 1 aromatic rings. The van der Waals surface area contributed by atoms with Crippen molar-refractivity contribution in [2.75, 3.05) is 13.2 Å². The van der Waals surface area contributed by atoms with Crippen LogP contribution in [0.4, 0.5) is 0 Å². The van der Waals surface area contributed by atoms with Crippen molar-refractivity contribution in [2.45, 2.75) is 18.9 Å². The number of phenolic OH excluding ortho intramolecular Hbond substituents is 1. The lowest BCUT2D eigenvalue weighted by Gasteiger charge is -2.28. The Morgan fingerprint density at radius 3 is 2.50 bits per heavy atom. The molecule has 88 valence electrons. The van der Waals surface area contributed by atoms with Crippen LogP contribution in [0.25, 0.3) is 0 Å². The molecular weight excluding hydrogens is 206 g/mol. The highest BCUT2D eigenvalue weighted by Crippen LogP contribution is 2.28. The van der Waals surface area contributed by atoms with Crippen molar-refractivity contribution < 1.29 is 14.6 Å². The van der Waals surface area contributed by atoms with E-state index in [-0.39, 0.29) is 5.75 Å². The molecule has 3 N–H and O–H groups in total. The number of hydrogen-bond acceptors (Lipinski definition) is 4. The maximum atomic E-state index is 11.2. The van der Waals surface area contributed by atoms with Gasteiger partial charge in [-0.15, -0.1) is 0 Å². The Morgan fingerprint density at radius 2 is 2.06 bits per heavy atom. The van der Waals surface area contributed by atoms with Gasteiger partial charge in [0.15, 0.2) is 6.29 Å². The van der Waals surface area contributed by atoms with Crippen LogP contribution in [0.1, 0.15) is 18.9 Å². The predicted octanol–water partition coefficient (Wildman–Crippen LogP) is 1.17. The minimum Gasteiger partial charge on any atom is -0.508 e. The third-order valence-electron chi connectivity index (χ3n) is 2.46. The molecule has 16 heavy (non-hydrogen) atoms. The first-order valence-corrected chi connectivity index (χ1v) is 5.28. The van der Waals surface area contributed by atoms with Gasteiger partial charge in [0.2, 0.25) is 0 Å². The van der Waals surface area contributed by atoms with Gasteiger partial charge in [0.05, 0.1) is 0 Å². The van der Waals surface area contributed by atoms with E-state index in [0.29, 0.717) is 25.1 Å². The zero-order valence-electron chi connectivity index (χ0n) is 9.35. The van der Waals surface area contributed by atoms with Gasteiger partial charge in [-0.25, -0.2) is 0 Å². The molecule has 0 radical (unpaired) electrons. The first-order valence-electron chi connectivity index (χ1n) is 5.28. The molecule has 0 bridgehead atoms. The second-order valence-electron chi connectivity index (χ2n) is 3.53. The summed E-state index contributed by atoms with van der Waals surface area (Å²) in [6.45, 7) is 2.62. The van der Waals surface area contributed by atoms with Gasteiger partial charge in [0.1, 0.15) is 11.4 Å². The van der Waals surface area contributed by atoms with Crippen molar-refractivity contribution in [2.24, 2.45) is 5.73 Å². The van der Waals surface area contributed by atoms with E-state index in [2.05, 4.69) is 0 Å². The summed E-state index contributed by atoms with van der Waals surface area (Å²) in [4.78, 5) is 11.2. The number of ether oxygens (including phenoxy) is 1. The summed E-state index contributed by atoms with van der Waals surface area (Å²) in [5.74, 6) is 0.160. The van der Waals surface area contributed by atoms with Crippen molar-refractivity contribution in [1.82, 2.24) is 0 Å². The molecule has 0 aliphatic rings. The lowest BCUT2D eigenvalue weighted by Crippen LogP contribution is -2.34. The molecule has 0 fully saturated rings. The van der Waals surface area contributed by atoms with Gasteiger partial charge in [0, 0.05) is 6.61 Å². The lowest BCUT2D eigenvalue weighted by atomic mass is 9.91. The summed E-state index contributed by atoms with van der Waals surface area (Å²) in [6.07, 6.45) is 1.20. The molecule has 0 amide bonds. The zero-order chi connectivity index (χ0) is 12.0. The molecule has 0 aliphatic carbocycles. The summed E-state index contributed by atoms with van der Waals surface area (Å²) in [5.41, 5.74) is 5.23. The maximum Gasteiger partial charge on any atom is 0.156 e. The average Bonchev–Trinajstić information content (AvgIpc) is 2.29. The standard InChI is InChI=1S/C12H17NO3/c1-2-16-12(9-14,7-8-13)10-3-5-11(15)6-4-10/h3-6,9,15H,2,7-8,13H2,1H3. The monoisotopic (exact) mass is 223 g/mol. The molecule has 4 heteroatoms. The third kappa shape index (κ3) is 2.59. The fourth-order valence-corrected chi connectivity index (χ4v) is 1.68. The van der Waals surface area contributed by atoms with E-state index in [1.165, 1.54) is 12.1 Å². The topological polar surface area (TPSA) is 72.5 Å². The number of aldehydes is 1. The van der Waals surface area contributed by atoms with Crippen LogP contribution in [0.3, 0.4) is 0 Å². The van der Waals surface area contributed by atoms with E-state index >= 15 is 0 Å². The summed E-state index contributed by atoms with van der Waals surface area (Å²) in [5, 5.41) is 9.20. The van der Waals surface area contributed by atoms with Crippen LogP contribution < -0.4 is 5.73 Å². The molecular formula is C12H17NO3. The molecule has 1 rings (SSSR count). The molecule has 0 spiro atoms. The van der Waals surface area contributed by atoms with Crippen molar-refractivity contribution in [3.63, 3.8) is 0 Å². The first kappa shape index (κ1) is 12.7. The molecule has 0 saturated carbocycles. The van der Waals surface area contributed by atoms with E-state index in [1.54, 1.807) is 12.1 Å². The molecule has 0 aliphatic heterocycles. The number of phenols is 1. The quantitative estimate of drug-likeness (QED) is 0.710. The maximum absolute atomic E-state index is 11.2. The highest BCUT2D eigenvalue weighted by molar-refractivity contribution is 5.66. The highest BCUT2D eigenvalue weighted by atomic mass is 16.5. The van der Waals surface area contributed by atoms with Crippen LogP contribution in [0, 0.1) is 0 Å². The Kier molecular flexibility index (Phi) is 4.46. The minimum atomic E-state index is -0.989. The fraction of sp³-hybridized carbons (Fsp3) is 0.417. The van der Waals surface area contributed by atoms with Crippen molar-refractivity contribution in [3.05, 3.63) is 29.8 Å². The Morgan fingerprint density at radius 1 is 1.44 bits per heavy atom. The summed E-state index contributed by atoms with van der Waals surface area (Å²) < 4.78 is 5.52. The Balaban J connectivity index is 3.07. The van der Waals surface area contributed by atoms with E-state index in [9.17, 15) is 9.90 Å². The fourth-order valence-electron chi connectivity index (χ4n) is 1.68. The number of benzene rings is 1. The van der Waals surface area contributed by atoms with Gasteiger partial charge in [0.25, 0.3) is 0 Å². The summed E-state index contributed by atoms with van der Waals surface area (Å²) in [7, 11) is 0. The van der Waals surface area contributed by atoms with Gasteiger partial charge in [-0.3, -0.25) is 4.79 Å². The number of hydrogen-bond donors (Lipinski definition) is 2. The molecule has 1 atom stereocenters. The number of aromatic hydroxyl groups is 1. The number of rotatable bonds is 6. The van der Waals surface area contributed by atoms with Gasteiger partial charge in [-0.2, -0.15) is 0 Å². The molecule has 0 heterocycles. The van der Waals surface area contributed by atoms with Gasteiger partial charge in [-0.1, -0.05) is 12.1 Å². The van der Waals surface area contributed by atoms with Crippen LogP contribution >= 0.6 is 0 Å². The van der Waals surface area contributed by atoms with Crippen LogP contribution in [-0.2, 0) is 15.1 Å². The zero-order valence-corrected chi connectivity index (χ0v) is 9.35. The van der Waals surface area contributed by atoms with Gasteiger partial charge in [-0.05, 0) is 37.6 Å². The second kappa shape index (κ2) is 5.63. The first-order chi connectivity index (χ1) is 7.68. The van der Waals surface area contributed by atoms with Gasteiger partial charge >= 0.3 is 0 Å². The molecule has 0 saturated heterocycles. The molecule has 1 aromatic carbocycles. The highest BCUT2D eigenvalue weighted by Gasteiger charge is 2.31. The average molecular weight is 223 g/mol. The second-order valence-corrected chi connectivity index (χ2v) is 3.53.